The highest BCUT2D eigenvalue weighted by Crippen LogP contribution is 2.38. The van der Waals surface area contributed by atoms with Crippen molar-refractivity contribution in [1.82, 2.24) is 20.2 Å². The van der Waals surface area contributed by atoms with Crippen molar-refractivity contribution in [3.8, 4) is 0 Å². The number of fused-ring (bicyclic) bond motifs is 1. The van der Waals surface area contributed by atoms with E-state index in [1.54, 1.807) is 24.4 Å². The number of benzene rings is 1. The summed E-state index contributed by atoms with van der Waals surface area (Å²) in [5, 5.41) is 6.42. The lowest BCUT2D eigenvalue weighted by atomic mass is 9.99. The number of carbonyl (C=O) groups is 1. The highest BCUT2D eigenvalue weighted by Gasteiger charge is 2.46. The number of rotatable bonds is 3. The molecule has 1 atom stereocenters. The lowest BCUT2D eigenvalue weighted by Gasteiger charge is -2.38. The van der Waals surface area contributed by atoms with Gasteiger partial charge in [0.2, 0.25) is 0 Å². The zero-order valence-electron chi connectivity index (χ0n) is 13.8. The minimum atomic E-state index is -0.915. The van der Waals surface area contributed by atoms with Gasteiger partial charge in [0.15, 0.2) is 0 Å². The minimum Gasteiger partial charge on any atom is -0.342 e. The van der Waals surface area contributed by atoms with Crippen LogP contribution in [0.1, 0.15) is 12.5 Å². The van der Waals surface area contributed by atoms with Crippen molar-refractivity contribution >= 4 is 23.3 Å². The Morgan fingerprint density at radius 1 is 1.35 bits per heavy atom. The molecule has 3 heterocycles. The van der Waals surface area contributed by atoms with E-state index in [2.05, 4.69) is 20.6 Å². The van der Waals surface area contributed by atoms with Gasteiger partial charge in [-0.3, -0.25) is 4.79 Å². The lowest BCUT2D eigenvalue weighted by molar-refractivity contribution is -0.117. The van der Waals surface area contributed by atoms with E-state index < -0.39 is 11.5 Å². The Morgan fingerprint density at radius 2 is 2.19 bits per heavy atom. The maximum Gasteiger partial charge on any atom is 0.269 e. The number of amides is 1. The van der Waals surface area contributed by atoms with Crippen molar-refractivity contribution in [2.75, 3.05) is 11.9 Å². The molecule has 0 saturated carbocycles. The van der Waals surface area contributed by atoms with E-state index in [0.29, 0.717) is 23.6 Å². The molecule has 1 aromatic heterocycles. The molecule has 1 aromatic carbocycles. The van der Waals surface area contributed by atoms with Gasteiger partial charge >= 0.3 is 0 Å². The third-order valence-electron chi connectivity index (χ3n) is 4.49. The van der Waals surface area contributed by atoms with Crippen LogP contribution >= 0.6 is 11.6 Å². The second-order valence-corrected chi connectivity index (χ2v) is 6.67. The van der Waals surface area contributed by atoms with Crippen LogP contribution in [-0.2, 0) is 10.5 Å². The van der Waals surface area contributed by atoms with E-state index in [0.717, 1.165) is 5.70 Å². The topological polar surface area (TPSA) is 70.1 Å². The number of nitrogens with zero attached hydrogens (tertiary/aromatic N) is 3. The molecule has 2 N–H and O–H groups in total. The van der Waals surface area contributed by atoms with Gasteiger partial charge in [-0.15, -0.1) is 0 Å². The van der Waals surface area contributed by atoms with Gasteiger partial charge in [0.25, 0.3) is 5.91 Å². The maximum absolute atomic E-state index is 13.9. The Hall–Kier alpha value is -2.93. The fraction of sp³-hybridized carbons (Fsp3) is 0.167. The average Bonchev–Trinajstić information content (AvgIpc) is 2.87. The molecule has 8 heteroatoms. The van der Waals surface area contributed by atoms with E-state index in [1.807, 2.05) is 17.9 Å². The highest BCUT2D eigenvalue weighted by molar-refractivity contribution is 6.30. The van der Waals surface area contributed by atoms with Crippen LogP contribution in [0.15, 0.2) is 60.3 Å². The van der Waals surface area contributed by atoms with Crippen molar-refractivity contribution in [1.29, 1.82) is 0 Å². The third kappa shape index (κ3) is 2.80. The lowest BCUT2D eigenvalue weighted by Crippen LogP contribution is -2.47. The molecule has 2 aliphatic heterocycles. The van der Waals surface area contributed by atoms with Gasteiger partial charge in [-0.1, -0.05) is 11.6 Å². The smallest absolute Gasteiger partial charge is 0.269 e. The van der Waals surface area contributed by atoms with Crippen molar-refractivity contribution in [3.63, 3.8) is 0 Å². The van der Waals surface area contributed by atoms with Gasteiger partial charge in [-0.2, -0.15) is 0 Å². The Balaban J connectivity index is 1.68. The molecule has 1 unspecified atom stereocenters. The molecule has 132 valence electrons. The summed E-state index contributed by atoms with van der Waals surface area (Å²) in [7, 11) is 0. The summed E-state index contributed by atoms with van der Waals surface area (Å²) in [5.41, 5.74) is 1.02. The summed E-state index contributed by atoms with van der Waals surface area (Å²) in [6.45, 7) is 2.24. The van der Waals surface area contributed by atoms with Crippen LogP contribution in [0.2, 0.25) is 5.02 Å². The van der Waals surface area contributed by atoms with Crippen LogP contribution in [0.3, 0.4) is 0 Å². The quantitative estimate of drug-likeness (QED) is 0.868. The molecule has 0 radical (unpaired) electrons. The van der Waals surface area contributed by atoms with Crippen LogP contribution in [-0.4, -0.2) is 27.3 Å². The van der Waals surface area contributed by atoms with Crippen LogP contribution in [0.25, 0.3) is 0 Å². The van der Waals surface area contributed by atoms with Gasteiger partial charge in [0.05, 0.1) is 6.54 Å². The Bertz CT molecular complexity index is 926. The number of halogens is 2. The summed E-state index contributed by atoms with van der Waals surface area (Å²) >= 11 is 6.01. The van der Waals surface area contributed by atoms with Gasteiger partial charge in [-0.25, -0.2) is 14.4 Å². The fourth-order valence-electron chi connectivity index (χ4n) is 3.20. The number of hydrogen-bond donors (Lipinski definition) is 2. The number of allylic oxidation sites excluding steroid dienone is 2. The summed E-state index contributed by atoms with van der Waals surface area (Å²) < 4.78 is 13.9. The summed E-state index contributed by atoms with van der Waals surface area (Å²) in [5.74, 6) is -0.0189. The normalized spacial score (nSPS) is 21.7. The van der Waals surface area contributed by atoms with Gasteiger partial charge in [0, 0.05) is 22.5 Å². The summed E-state index contributed by atoms with van der Waals surface area (Å²) in [6, 6.07) is 6.02. The number of aromatic nitrogens is 2. The predicted octanol–water partition coefficient (Wildman–Crippen LogP) is 2.77. The summed E-state index contributed by atoms with van der Waals surface area (Å²) in [4.78, 5) is 22.3. The number of anilines is 1. The molecule has 4 rings (SSSR count). The van der Waals surface area contributed by atoms with E-state index in [-0.39, 0.29) is 10.9 Å². The van der Waals surface area contributed by atoms with E-state index in [4.69, 9.17) is 11.6 Å². The Labute approximate surface area is 154 Å². The van der Waals surface area contributed by atoms with Gasteiger partial charge in [-0.05, 0) is 43.3 Å². The van der Waals surface area contributed by atoms with Crippen LogP contribution < -0.4 is 10.6 Å². The first-order valence-corrected chi connectivity index (χ1v) is 8.34. The maximum atomic E-state index is 13.9. The predicted molar refractivity (Wildman–Crippen MR) is 95.4 cm³/mol. The molecular formula is C18H15ClFN5O. The first-order valence-electron chi connectivity index (χ1n) is 7.96. The molecule has 26 heavy (non-hydrogen) atoms. The van der Waals surface area contributed by atoms with Crippen molar-refractivity contribution in [2.45, 2.75) is 12.6 Å². The number of hydrogen-bond acceptors (Lipinski definition) is 5. The molecule has 1 saturated heterocycles. The van der Waals surface area contributed by atoms with Crippen molar-refractivity contribution in [3.05, 3.63) is 76.7 Å². The first kappa shape index (κ1) is 16.5. The second kappa shape index (κ2) is 6.10. The van der Waals surface area contributed by atoms with Crippen molar-refractivity contribution in [2.24, 2.45) is 0 Å². The second-order valence-electron chi connectivity index (χ2n) is 6.23. The fourth-order valence-corrected chi connectivity index (χ4v) is 3.42. The molecule has 6 nitrogen and oxygen atoms in total. The molecule has 2 aliphatic rings. The standard InChI is InChI=1S/C18H15ClFN5O/c1-18(11-6-12(19)8-13(20)7-11)24-17(26)15-3-2-14(9-25(15)18)23-16-4-5-21-10-22-16/h2-8,10H,9H2,1H3,(H,24,26)(H,21,22,23). The summed E-state index contributed by atoms with van der Waals surface area (Å²) in [6.07, 6.45) is 6.65. The zero-order chi connectivity index (χ0) is 18.3. The molecule has 0 aliphatic carbocycles. The molecule has 0 spiro atoms. The monoisotopic (exact) mass is 371 g/mol. The molecule has 1 fully saturated rings. The van der Waals surface area contributed by atoms with E-state index in [9.17, 15) is 9.18 Å². The molecule has 2 aromatic rings. The van der Waals surface area contributed by atoms with Crippen molar-refractivity contribution < 1.29 is 9.18 Å². The molecule has 1 amide bonds. The van der Waals surface area contributed by atoms with Crippen LogP contribution in [0.4, 0.5) is 10.2 Å². The Morgan fingerprint density at radius 3 is 2.92 bits per heavy atom. The minimum absolute atomic E-state index is 0.217. The largest absolute Gasteiger partial charge is 0.342 e. The van der Waals surface area contributed by atoms with E-state index >= 15 is 0 Å². The van der Waals surface area contributed by atoms with E-state index in [1.165, 1.54) is 18.5 Å². The van der Waals surface area contributed by atoms with Crippen LogP contribution in [0.5, 0.6) is 0 Å². The Kier molecular flexibility index (Phi) is 3.88. The molecular weight excluding hydrogens is 357 g/mol. The van der Waals surface area contributed by atoms with Crippen LogP contribution in [0, 0.1) is 5.82 Å². The third-order valence-corrected chi connectivity index (χ3v) is 4.70. The molecule has 0 bridgehead atoms. The number of carbonyl (C=O) groups excluding carboxylic acids is 1. The number of nitrogens with one attached hydrogen (secondary N) is 2. The first-order chi connectivity index (χ1) is 12.5. The zero-order valence-corrected chi connectivity index (χ0v) is 14.6. The average molecular weight is 372 g/mol. The highest BCUT2D eigenvalue weighted by atomic mass is 35.5. The van der Waals surface area contributed by atoms with Gasteiger partial charge < -0.3 is 15.5 Å². The van der Waals surface area contributed by atoms with Gasteiger partial charge in [0.1, 0.15) is 29.3 Å². The SMILES string of the molecule is CC1(c2cc(F)cc(Cl)c2)NC(=O)C2=CC=C(Nc3ccncn3)CN21.